The van der Waals surface area contributed by atoms with Gasteiger partial charge in [0.1, 0.15) is 18.1 Å². The van der Waals surface area contributed by atoms with E-state index in [1.807, 2.05) is 19.1 Å². The van der Waals surface area contributed by atoms with Crippen molar-refractivity contribution in [2.45, 2.75) is 26.6 Å². The average molecular weight is 308 g/mol. The van der Waals surface area contributed by atoms with Gasteiger partial charge in [-0.2, -0.15) is 0 Å². The van der Waals surface area contributed by atoms with Gasteiger partial charge in [0.15, 0.2) is 0 Å². The molecule has 0 aliphatic rings. The number of hydrogen-bond donors (Lipinski definition) is 1. The number of aliphatic hydroxyl groups is 1. The lowest BCUT2D eigenvalue weighted by atomic mass is 10.1. The number of rotatable bonds is 5. The summed E-state index contributed by atoms with van der Waals surface area (Å²) in [5, 5.41) is 10.3. The van der Waals surface area contributed by atoms with E-state index in [9.17, 15) is 5.11 Å². The second-order valence-corrected chi connectivity index (χ2v) is 5.22. The zero-order valence-corrected chi connectivity index (χ0v) is 13.0. The van der Waals surface area contributed by atoms with Crippen LogP contribution >= 0.6 is 11.6 Å². The van der Waals surface area contributed by atoms with Crippen LogP contribution in [0.4, 0.5) is 0 Å². The Bertz CT molecular complexity index is 629. The zero-order chi connectivity index (χ0) is 15.4. The molecule has 1 aromatic carbocycles. The molecule has 0 aliphatic carbocycles. The molecule has 0 aliphatic heterocycles. The van der Waals surface area contributed by atoms with Gasteiger partial charge in [-0.05, 0) is 32.0 Å². The van der Waals surface area contributed by atoms with Crippen molar-refractivity contribution in [1.29, 1.82) is 0 Å². The fourth-order valence-corrected chi connectivity index (χ4v) is 2.20. The average Bonchev–Trinajstić information content (AvgIpc) is 2.45. The molecule has 0 bridgehead atoms. The summed E-state index contributed by atoms with van der Waals surface area (Å²) in [5.41, 5.74) is 2.28. The van der Waals surface area contributed by atoms with Gasteiger partial charge in [-0.15, -0.1) is 0 Å². The first-order valence-electron chi connectivity index (χ1n) is 6.61. The van der Waals surface area contributed by atoms with Crippen LogP contribution in [0.15, 0.2) is 30.3 Å². The van der Waals surface area contributed by atoms with Gasteiger partial charge < -0.3 is 14.6 Å². The van der Waals surface area contributed by atoms with Gasteiger partial charge in [-0.3, -0.25) is 4.98 Å². The van der Waals surface area contributed by atoms with Crippen LogP contribution in [0.5, 0.6) is 11.5 Å². The van der Waals surface area contributed by atoms with E-state index in [1.54, 1.807) is 32.2 Å². The molecule has 0 amide bonds. The summed E-state index contributed by atoms with van der Waals surface area (Å²) in [5.74, 6) is 1.34. The van der Waals surface area contributed by atoms with E-state index in [-0.39, 0.29) is 0 Å². The van der Waals surface area contributed by atoms with Crippen molar-refractivity contribution in [3.05, 3.63) is 52.3 Å². The maximum atomic E-state index is 9.78. The minimum absolute atomic E-state index is 0.291. The maximum Gasteiger partial charge on any atom is 0.130 e. The minimum atomic E-state index is -0.654. The molecule has 0 saturated heterocycles. The molecule has 1 aromatic heterocycles. The highest BCUT2D eigenvalue weighted by atomic mass is 35.5. The number of aromatic nitrogens is 1. The highest BCUT2D eigenvalue weighted by molar-refractivity contribution is 6.30. The summed E-state index contributed by atoms with van der Waals surface area (Å²) >= 11 is 5.94. The van der Waals surface area contributed by atoms with Crippen LogP contribution in [0.1, 0.15) is 30.0 Å². The SMILES string of the molecule is COc1cc(C)nc(COc2ccc(Cl)cc2[C@@H](C)O)c1. The van der Waals surface area contributed by atoms with Crippen molar-refractivity contribution < 1.29 is 14.6 Å². The van der Waals surface area contributed by atoms with E-state index < -0.39 is 6.10 Å². The van der Waals surface area contributed by atoms with Crippen molar-refractivity contribution in [1.82, 2.24) is 4.98 Å². The van der Waals surface area contributed by atoms with E-state index in [0.29, 0.717) is 22.9 Å². The number of hydrogen-bond acceptors (Lipinski definition) is 4. The number of aliphatic hydroxyl groups excluding tert-OH is 1. The van der Waals surface area contributed by atoms with Crippen LogP contribution in [-0.2, 0) is 6.61 Å². The highest BCUT2D eigenvalue weighted by Gasteiger charge is 2.11. The Balaban J connectivity index is 2.18. The van der Waals surface area contributed by atoms with Gasteiger partial charge in [-0.25, -0.2) is 0 Å². The van der Waals surface area contributed by atoms with E-state index in [4.69, 9.17) is 21.1 Å². The minimum Gasteiger partial charge on any atom is -0.497 e. The number of aryl methyl sites for hydroxylation is 1. The predicted octanol–water partition coefficient (Wildman–Crippen LogP) is 3.68. The van der Waals surface area contributed by atoms with Gasteiger partial charge >= 0.3 is 0 Å². The van der Waals surface area contributed by atoms with E-state index in [0.717, 1.165) is 17.1 Å². The molecule has 0 fully saturated rings. The van der Waals surface area contributed by atoms with Crippen LogP contribution in [0.25, 0.3) is 0 Å². The molecule has 2 rings (SSSR count). The molecule has 2 aromatic rings. The molecule has 4 nitrogen and oxygen atoms in total. The Hall–Kier alpha value is -1.78. The van der Waals surface area contributed by atoms with E-state index >= 15 is 0 Å². The number of ether oxygens (including phenoxy) is 2. The highest BCUT2D eigenvalue weighted by Crippen LogP contribution is 2.29. The number of pyridine rings is 1. The standard InChI is InChI=1S/C16H18ClNO3/c1-10-6-14(20-3)8-13(18-10)9-21-16-5-4-12(17)7-15(16)11(2)19/h4-8,11,19H,9H2,1-3H3/t11-/m1/s1. The number of nitrogens with zero attached hydrogens (tertiary/aromatic N) is 1. The molecule has 112 valence electrons. The number of halogens is 1. The van der Waals surface area contributed by atoms with Crippen LogP contribution < -0.4 is 9.47 Å². The molecule has 5 heteroatoms. The summed E-state index contributed by atoms with van der Waals surface area (Å²) in [6, 6.07) is 8.86. The molecule has 0 unspecified atom stereocenters. The van der Waals surface area contributed by atoms with Gasteiger partial charge in [0, 0.05) is 28.4 Å². The first kappa shape index (κ1) is 15.6. The predicted molar refractivity (Wildman–Crippen MR) is 81.9 cm³/mol. The Morgan fingerprint density at radius 3 is 2.71 bits per heavy atom. The lowest BCUT2D eigenvalue weighted by molar-refractivity contribution is 0.190. The van der Waals surface area contributed by atoms with Gasteiger partial charge in [0.05, 0.1) is 18.9 Å². The quantitative estimate of drug-likeness (QED) is 0.915. The smallest absolute Gasteiger partial charge is 0.130 e. The normalized spacial score (nSPS) is 12.0. The largest absolute Gasteiger partial charge is 0.497 e. The third-order valence-electron chi connectivity index (χ3n) is 3.01. The van der Waals surface area contributed by atoms with Gasteiger partial charge in [-0.1, -0.05) is 11.6 Å². The van der Waals surface area contributed by atoms with Crippen molar-refractivity contribution >= 4 is 11.6 Å². The van der Waals surface area contributed by atoms with Crippen molar-refractivity contribution in [2.75, 3.05) is 7.11 Å². The Morgan fingerprint density at radius 2 is 2.05 bits per heavy atom. The number of benzene rings is 1. The molecular weight excluding hydrogens is 290 g/mol. The summed E-state index contributed by atoms with van der Waals surface area (Å²) < 4.78 is 11.0. The topological polar surface area (TPSA) is 51.6 Å². The molecule has 1 heterocycles. The second kappa shape index (κ2) is 6.78. The summed E-state index contributed by atoms with van der Waals surface area (Å²) in [7, 11) is 1.62. The Labute approximate surface area is 129 Å². The molecular formula is C16H18ClNO3. The van der Waals surface area contributed by atoms with Gasteiger partial charge in [0.25, 0.3) is 0 Å². The first-order valence-corrected chi connectivity index (χ1v) is 6.99. The van der Waals surface area contributed by atoms with Crippen molar-refractivity contribution in [3.8, 4) is 11.5 Å². The maximum absolute atomic E-state index is 9.78. The molecule has 0 radical (unpaired) electrons. The van der Waals surface area contributed by atoms with E-state index in [2.05, 4.69) is 4.98 Å². The monoisotopic (exact) mass is 307 g/mol. The Morgan fingerprint density at radius 1 is 1.29 bits per heavy atom. The first-order chi connectivity index (χ1) is 9.99. The third-order valence-corrected chi connectivity index (χ3v) is 3.25. The lowest BCUT2D eigenvalue weighted by Crippen LogP contribution is -2.03. The summed E-state index contributed by atoms with van der Waals surface area (Å²) in [6.07, 6.45) is -0.654. The van der Waals surface area contributed by atoms with Crippen LogP contribution in [0.2, 0.25) is 5.02 Å². The summed E-state index contributed by atoms with van der Waals surface area (Å²) in [4.78, 5) is 4.40. The van der Waals surface area contributed by atoms with Gasteiger partial charge in [0.2, 0.25) is 0 Å². The van der Waals surface area contributed by atoms with Crippen molar-refractivity contribution in [2.24, 2.45) is 0 Å². The second-order valence-electron chi connectivity index (χ2n) is 4.79. The van der Waals surface area contributed by atoms with Crippen LogP contribution in [0.3, 0.4) is 0 Å². The van der Waals surface area contributed by atoms with Crippen molar-refractivity contribution in [3.63, 3.8) is 0 Å². The van der Waals surface area contributed by atoms with Crippen LogP contribution in [0, 0.1) is 6.92 Å². The molecule has 0 spiro atoms. The zero-order valence-electron chi connectivity index (χ0n) is 12.3. The molecule has 1 N–H and O–H groups in total. The van der Waals surface area contributed by atoms with E-state index in [1.165, 1.54) is 0 Å². The fourth-order valence-electron chi connectivity index (χ4n) is 2.02. The summed E-state index contributed by atoms with van der Waals surface area (Å²) in [6.45, 7) is 3.86. The molecule has 21 heavy (non-hydrogen) atoms. The Kier molecular flexibility index (Phi) is 5.04. The fraction of sp³-hybridized carbons (Fsp3) is 0.312. The molecule has 0 saturated carbocycles. The number of methoxy groups -OCH3 is 1. The van der Waals surface area contributed by atoms with Crippen LogP contribution in [-0.4, -0.2) is 17.2 Å². The third kappa shape index (κ3) is 4.09. The molecule has 1 atom stereocenters. The lowest BCUT2D eigenvalue weighted by Gasteiger charge is -2.14.